The van der Waals surface area contributed by atoms with Crippen LogP contribution in [0.15, 0.2) is 71.8 Å². The van der Waals surface area contributed by atoms with Gasteiger partial charge in [0, 0.05) is 5.02 Å². The number of halogens is 1. The van der Waals surface area contributed by atoms with Crippen LogP contribution in [0.25, 0.3) is 0 Å². The van der Waals surface area contributed by atoms with Gasteiger partial charge in [-0.3, -0.25) is 4.79 Å². The molecule has 3 aromatic rings. The number of hydrazone groups is 1. The molecule has 0 saturated carbocycles. The highest BCUT2D eigenvalue weighted by Gasteiger charge is 2.11. The van der Waals surface area contributed by atoms with Gasteiger partial charge in [-0.05, 0) is 53.6 Å². The van der Waals surface area contributed by atoms with Crippen LogP contribution in [0.5, 0.6) is 17.2 Å². The van der Waals surface area contributed by atoms with E-state index >= 15 is 0 Å². The van der Waals surface area contributed by atoms with Gasteiger partial charge in [-0.1, -0.05) is 35.9 Å². The van der Waals surface area contributed by atoms with Gasteiger partial charge in [-0.25, -0.2) is 5.43 Å². The largest absolute Gasteiger partial charge is 0.493 e. The van der Waals surface area contributed by atoms with Crippen LogP contribution in [0.2, 0.25) is 5.02 Å². The average Bonchev–Trinajstić information content (AvgIpc) is 2.78. The van der Waals surface area contributed by atoms with Gasteiger partial charge in [0.05, 0.1) is 26.0 Å². The maximum Gasteiger partial charge on any atom is 0.275 e. The highest BCUT2D eigenvalue weighted by molar-refractivity contribution is 6.30. The van der Waals surface area contributed by atoms with Gasteiger partial charge in [0.15, 0.2) is 11.5 Å². The molecule has 3 aromatic carbocycles. The fraction of sp³-hybridized carbons (Fsp3) is 0.130. The van der Waals surface area contributed by atoms with Crippen LogP contribution in [-0.4, -0.2) is 26.3 Å². The summed E-state index contributed by atoms with van der Waals surface area (Å²) < 4.78 is 16.3. The average molecular weight is 425 g/mol. The third kappa shape index (κ3) is 5.52. The number of para-hydroxylation sites is 1. The number of carbonyl (C=O) groups is 1. The number of hydrogen-bond donors (Lipinski definition) is 1. The van der Waals surface area contributed by atoms with Crippen molar-refractivity contribution in [1.82, 2.24) is 5.43 Å². The lowest BCUT2D eigenvalue weighted by Crippen LogP contribution is -2.18. The van der Waals surface area contributed by atoms with Crippen molar-refractivity contribution in [2.75, 3.05) is 14.2 Å². The molecule has 0 spiro atoms. The molecule has 0 atom stereocenters. The van der Waals surface area contributed by atoms with Crippen molar-refractivity contribution in [3.05, 3.63) is 88.4 Å². The zero-order valence-electron chi connectivity index (χ0n) is 16.6. The summed E-state index contributed by atoms with van der Waals surface area (Å²) in [7, 11) is 3.12. The molecule has 3 rings (SSSR count). The number of nitrogens with zero attached hydrogens (tertiary/aromatic N) is 1. The Morgan fingerprint density at radius 3 is 2.43 bits per heavy atom. The van der Waals surface area contributed by atoms with Crippen molar-refractivity contribution in [1.29, 1.82) is 0 Å². The van der Waals surface area contributed by atoms with Crippen molar-refractivity contribution in [3.63, 3.8) is 0 Å². The Labute approximate surface area is 180 Å². The van der Waals surface area contributed by atoms with E-state index in [1.165, 1.54) is 6.21 Å². The molecule has 0 aromatic heterocycles. The molecule has 0 heterocycles. The van der Waals surface area contributed by atoms with E-state index in [0.717, 1.165) is 11.1 Å². The Morgan fingerprint density at radius 2 is 1.70 bits per heavy atom. The second-order valence-corrected chi connectivity index (χ2v) is 6.66. The first-order chi connectivity index (χ1) is 14.6. The summed E-state index contributed by atoms with van der Waals surface area (Å²) in [6.45, 7) is 0.316. The lowest BCUT2D eigenvalue weighted by Gasteiger charge is -2.10. The van der Waals surface area contributed by atoms with Crippen molar-refractivity contribution in [2.45, 2.75) is 6.61 Å². The zero-order chi connectivity index (χ0) is 21.3. The van der Waals surface area contributed by atoms with Gasteiger partial charge in [-0.15, -0.1) is 0 Å². The summed E-state index contributed by atoms with van der Waals surface area (Å²) in [5, 5.41) is 4.69. The molecule has 0 bridgehead atoms. The molecule has 154 valence electrons. The van der Waals surface area contributed by atoms with Crippen LogP contribution in [0.1, 0.15) is 21.5 Å². The standard InChI is InChI=1S/C23H21ClN2O4/c1-28-21-12-9-17(13-22(21)29-2)14-25-26-23(27)19-5-3-4-6-20(19)30-15-16-7-10-18(24)11-8-16/h3-14H,15H2,1-2H3,(H,26,27)/b25-14+. The normalized spacial score (nSPS) is 10.6. The van der Waals surface area contributed by atoms with Gasteiger partial charge < -0.3 is 14.2 Å². The van der Waals surface area contributed by atoms with Crippen molar-refractivity contribution < 1.29 is 19.0 Å². The summed E-state index contributed by atoms with van der Waals surface area (Å²) in [5.74, 6) is 1.28. The topological polar surface area (TPSA) is 69.2 Å². The Balaban J connectivity index is 1.65. The third-order valence-electron chi connectivity index (χ3n) is 4.23. The Bertz CT molecular complexity index is 1040. The maximum absolute atomic E-state index is 12.6. The van der Waals surface area contributed by atoms with Crippen LogP contribution in [0.3, 0.4) is 0 Å². The Hall–Kier alpha value is -3.51. The smallest absolute Gasteiger partial charge is 0.275 e. The van der Waals surface area contributed by atoms with Gasteiger partial charge in [0.2, 0.25) is 0 Å². The number of carbonyl (C=O) groups excluding carboxylic acids is 1. The number of amides is 1. The second-order valence-electron chi connectivity index (χ2n) is 6.22. The molecule has 7 heteroatoms. The molecule has 0 radical (unpaired) electrons. The number of benzene rings is 3. The lowest BCUT2D eigenvalue weighted by atomic mass is 10.2. The number of methoxy groups -OCH3 is 2. The summed E-state index contributed by atoms with van der Waals surface area (Å²) in [6, 6.07) is 19.7. The minimum Gasteiger partial charge on any atom is -0.493 e. The van der Waals surface area contributed by atoms with E-state index in [2.05, 4.69) is 10.5 Å². The predicted molar refractivity (Wildman–Crippen MR) is 117 cm³/mol. The first-order valence-electron chi connectivity index (χ1n) is 9.12. The molecular formula is C23H21ClN2O4. The highest BCUT2D eigenvalue weighted by atomic mass is 35.5. The van der Waals surface area contributed by atoms with E-state index in [9.17, 15) is 4.79 Å². The summed E-state index contributed by atoms with van der Waals surface area (Å²) in [6.07, 6.45) is 1.52. The monoisotopic (exact) mass is 424 g/mol. The van der Waals surface area contributed by atoms with Gasteiger partial charge >= 0.3 is 0 Å². The maximum atomic E-state index is 12.6. The molecule has 0 unspecified atom stereocenters. The van der Waals surface area contributed by atoms with Crippen LogP contribution in [-0.2, 0) is 6.61 Å². The second kappa shape index (κ2) is 10.3. The molecule has 0 saturated heterocycles. The minimum atomic E-state index is -0.376. The first kappa shape index (κ1) is 21.2. The molecule has 6 nitrogen and oxygen atoms in total. The molecule has 30 heavy (non-hydrogen) atoms. The minimum absolute atomic E-state index is 0.316. The Kier molecular flexibility index (Phi) is 7.29. The Morgan fingerprint density at radius 1 is 0.967 bits per heavy atom. The molecular weight excluding hydrogens is 404 g/mol. The van der Waals surface area contributed by atoms with E-state index < -0.39 is 0 Å². The van der Waals surface area contributed by atoms with Crippen LogP contribution < -0.4 is 19.6 Å². The van der Waals surface area contributed by atoms with E-state index in [1.807, 2.05) is 12.1 Å². The van der Waals surface area contributed by atoms with Crippen molar-refractivity contribution in [2.24, 2.45) is 5.10 Å². The zero-order valence-corrected chi connectivity index (χ0v) is 17.3. The van der Waals surface area contributed by atoms with Crippen molar-refractivity contribution >= 4 is 23.7 Å². The molecule has 1 amide bonds. The summed E-state index contributed by atoms with van der Waals surface area (Å²) in [4.78, 5) is 12.6. The van der Waals surface area contributed by atoms with E-state index in [1.54, 1.807) is 68.8 Å². The van der Waals surface area contributed by atoms with E-state index in [-0.39, 0.29) is 5.91 Å². The SMILES string of the molecule is COc1ccc(/C=N/NC(=O)c2ccccc2OCc2ccc(Cl)cc2)cc1OC. The highest BCUT2D eigenvalue weighted by Crippen LogP contribution is 2.27. The number of rotatable bonds is 8. The number of nitrogens with one attached hydrogen (secondary N) is 1. The quantitative estimate of drug-likeness (QED) is 0.420. The van der Waals surface area contributed by atoms with Crippen molar-refractivity contribution in [3.8, 4) is 17.2 Å². The molecule has 0 aliphatic rings. The van der Waals surface area contributed by atoms with E-state index in [4.69, 9.17) is 25.8 Å². The summed E-state index contributed by atoms with van der Waals surface area (Å²) >= 11 is 5.90. The van der Waals surface area contributed by atoms with Crippen LogP contribution in [0, 0.1) is 0 Å². The molecule has 0 fully saturated rings. The fourth-order valence-electron chi connectivity index (χ4n) is 2.68. The summed E-state index contributed by atoms with van der Waals surface area (Å²) in [5.41, 5.74) is 4.60. The lowest BCUT2D eigenvalue weighted by molar-refractivity contribution is 0.0950. The molecule has 0 aliphatic carbocycles. The molecule has 0 aliphatic heterocycles. The van der Waals surface area contributed by atoms with Gasteiger partial charge in [0.25, 0.3) is 5.91 Å². The predicted octanol–water partition coefficient (Wildman–Crippen LogP) is 4.70. The third-order valence-corrected chi connectivity index (χ3v) is 4.48. The van der Waals surface area contributed by atoms with Crippen LogP contribution in [0.4, 0.5) is 0 Å². The van der Waals surface area contributed by atoms with Crippen LogP contribution >= 0.6 is 11.6 Å². The number of hydrogen-bond acceptors (Lipinski definition) is 5. The fourth-order valence-corrected chi connectivity index (χ4v) is 2.81. The number of ether oxygens (including phenoxy) is 3. The van der Waals surface area contributed by atoms with Gasteiger partial charge in [-0.2, -0.15) is 5.10 Å². The molecule has 1 N–H and O–H groups in total. The first-order valence-corrected chi connectivity index (χ1v) is 9.50. The van der Waals surface area contributed by atoms with E-state index in [0.29, 0.717) is 34.4 Å². The van der Waals surface area contributed by atoms with Gasteiger partial charge in [0.1, 0.15) is 12.4 Å².